The van der Waals surface area contributed by atoms with Crippen molar-refractivity contribution in [3.63, 3.8) is 0 Å². The number of hydrogen-bond acceptors (Lipinski definition) is 4. The lowest BCUT2D eigenvalue weighted by Gasteiger charge is -2.11. The molecular weight excluding hydrogens is 256 g/mol. The van der Waals surface area contributed by atoms with E-state index in [-0.39, 0.29) is 0 Å². The van der Waals surface area contributed by atoms with E-state index in [2.05, 4.69) is 10.5 Å². The summed E-state index contributed by atoms with van der Waals surface area (Å²) >= 11 is 0. The van der Waals surface area contributed by atoms with Crippen molar-refractivity contribution < 1.29 is 14.3 Å². The fraction of sp³-hybridized carbons (Fsp3) is 0.200. The maximum absolute atomic E-state index is 11.9. The normalized spacial score (nSPS) is 13.1. The molecule has 2 N–H and O–H groups in total. The highest BCUT2D eigenvalue weighted by molar-refractivity contribution is 5.97. The molecule has 1 aromatic carbocycles. The third kappa shape index (κ3) is 3.13. The number of aliphatic hydroxyl groups excluding tert-OH is 1. The first-order valence-electron chi connectivity index (χ1n) is 6.21. The Morgan fingerprint density at radius 3 is 2.70 bits per heavy atom. The molecule has 0 fully saturated rings. The monoisotopic (exact) mass is 272 g/mol. The molecule has 1 amide bonds. The molecule has 0 spiro atoms. The van der Waals surface area contributed by atoms with Crippen molar-refractivity contribution in [2.75, 3.05) is 0 Å². The highest BCUT2D eigenvalue weighted by atomic mass is 16.3. The first kappa shape index (κ1) is 14.0. The van der Waals surface area contributed by atoms with Gasteiger partial charge in [0.2, 0.25) is 0 Å². The standard InChI is InChI=1S/C15H16N2O3/c1-10-6-3-4-7-12(10)14(18)15(19)17-16-11(2)13-8-5-9-20-13/h3-9,14,18H,1-2H3,(H,17,19)/b16-11+/t14-/m1/s1. The Kier molecular flexibility index (Phi) is 4.32. The molecule has 104 valence electrons. The molecule has 2 rings (SSSR count). The number of amides is 1. The molecule has 0 bridgehead atoms. The average molecular weight is 272 g/mol. The van der Waals surface area contributed by atoms with E-state index in [9.17, 15) is 9.90 Å². The molecule has 1 heterocycles. The van der Waals surface area contributed by atoms with E-state index in [0.29, 0.717) is 17.0 Å². The third-order valence-corrected chi connectivity index (χ3v) is 2.94. The number of carbonyl (C=O) groups excluding carboxylic acids is 1. The molecule has 2 aromatic rings. The van der Waals surface area contributed by atoms with Gasteiger partial charge in [-0.25, -0.2) is 5.43 Å². The van der Waals surface area contributed by atoms with E-state index in [1.54, 1.807) is 31.2 Å². The second-order valence-corrected chi connectivity index (χ2v) is 4.41. The number of aryl methyl sites for hydroxylation is 1. The highest BCUT2D eigenvalue weighted by Crippen LogP contribution is 2.17. The van der Waals surface area contributed by atoms with Gasteiger partial charge in [0.1, 0.15) is 11.5 Å². The summed E-state index contributed by atoms with van der Waals surface area (Å²) in [7, 11) is 0. The Bertz CT molecular complexity index is 618. The molecule has 5 heteroatoms. The minimum Gasteiger partial charge on any atom is -0.463 e. The Balaban J connectivity index is 2.06. The zero-order chi connectivity index (χ0) is 14.5. The Morgan fingerprint density at radius 1 is 1.30 bits per heavy atom. The number of carbonyl (C=O) groups is 1. The predicted molar refractivity (Wildman–Crippen MR) is 75.2 cm³/mol. The van der Waals surface area contributed by atoms with Crippen LogP contribution in [-0.4, -0.2) is 16.7 Å². The molecule has 0 aliphatic heterocycles. The Hall–Kier alpha value is -2.40. The minimum atomic E-state index is -1.25. The van der Waals surface area contributed by atoms with Crippen LogP contribution in [-0.2, 0) is 4.79 Å². The summed E-state index contributed by atoms with van der Waals surface area (Å²) in [4.78, 5) is 11.9. The zero-order valence-corrected chi connectivity index (χ0v) is 11.3. The van der Waals surface area contributed by atoms with Crippen molar-refractivity contribution in [3.8, 4) is 0 Å². The van der Waals surface area contributed by atoms with Gasteiger partial charge in [-0.2, -0.15) is 5.10 Å². The molecule has 0 aliphatic rings. The molecule has 5 nitrogen and oxygen atoms in total. The number of nitrogens with one attached hydrogen (secondary N) is 1. The quantitative estimate of drug-likeness (QED) is 0.661. The van der Waals surface area contributed by atoms with Crippen LogP contribution in [0.15, 0.2) is 52.2 Å². The van der Waals surface area contributed by atoms with Crippen LogP contribution < -0.4 is 5.43 Å². The topological polar surface area (TPSA) is 74.8 Å². The number of furan rings is 1. The van der Waals surface area contributed by atoms with Crippen LogP contribution >= 0.6 is 0 Å². The number of benzene rings is 1. The molecule has 0 saturated carbocycles. The van der Waals surface area contributed by atoms with Gasteiger partial charge >= 0.3 is 0 Å². The van der Waals surface area contributed by atoms with Gasteiger partial charge in [0.15, 0.2) is 6.10 Å². The summed E-state index contributed by atoms with van der Waals surface area (Å²) in [5.41, 5.74) is 4.28. The summed E-state index contributed by atoms with van der Waals surface area (Å²) in [6.45, 7) is 3.54. The molecule has 0 unspecified atom stereocenters. The SMILES string of the molecule is C/C(=N\NC(=O)[C@H](O)c1ccccc1C)c1ccco1. The summed E-state index contributed by atoms with van der Waals surface area (Å²) in [5.74, 6) is -0.0131. The lowest BCUT2D eigenvalue weighted by Crippen LogP contribution is -2.26. The van der Waals surface area contributed by atoms with Crippen molar-refractivity contribution in [3.05, 3.63) is 59.5 Å². The fourth-order valence-corrected chi connectivity index (χ4v) is 1.77. The van der Waals surface area contributed by atoms with E-state index < -0.39 is 12.0 Å². The van der Waals surface area contributed by atoms with Crippen LogP contribution in [0.3, 0.4) is 0 Å². The Morgan fingerprint density at radius 2 is 2.05 bits per heavy atom. The molecule has 1 aromatic heterocycles. The van der Waals surface area contributed by atoms with Gasteiger partial charge in [-0.1, -0.05) is 24.3 Å². The molecule has 0 saturated heterocycles. The van der Waals surface area contributed by atoms with Gasteiger partial charge in [-0.05, 0) is 37.1 Å². The largest absolute Gasteiger partial charge is 0.463 e. The third-order valence-electron chi connectivity index (χ3n) is 2.94. The molecule has 1 atom stereocenters. The molecule has 0 aliphatic carbocycles. The number of nitrogens with zero attached hydrogens (tertiary/aromatic N) is 1. The second-order valence-electron chi connectivity index (χ2n) is 4.41. The number of rotatable bonds is 4. The van der Waals surface area contributed by atoms with Crippen molar-refractivity contribution in [2.24, 2.45) is 5.10 Å². The van der Waals surface area contributed by atoms with Crippen LogP contribution in [0.5, 0.6) is 0 Å². The van der Waals surface area contributed by atoms with Crippen molar-refractivity contribution in [1.82, 2.24) is 5.43 Å². The average Bonchev–Trinajstić information content (AvgIpc) is 2.98. The van der Waals surface area contributed by atoms with Crippen molar-refractivity contribution >= 4 is 11.6 Å². The second kappa shape index (κ2) is 6.16. The van der Waals surface area contributed by atoms with E-state index in [1.165, 1.54) is 6.26 Å². The van der Waals surface area contributed by atoms with Gasteiger partial charge in [-0.3, -0.25) is 4.79 Å². The number of aliphatic hydroxyl groups is 1. The Labute approximate surface area is 116 Å². The lowest BCUT2D eigenvalue weighted by molar-refractivity contribution is -0.129. The van der Waals surface area contributed by atoms with E-state index in [0.717, 1.165) is 5.56 Å². The van der Waals surface area contributed by atoms with Gasteiger partial charge in [-0.15, -0.1) is 0 Å². The van der Waals surface area contributed by atoms with Gasteiger partial charge < -0.3 is 9.52 Å². The van der Waals surface area contributed by atoms with E-state index >= 15 is 0 Å². The van der Waals surface area contributed by atoms with Gasteiger partial charge in [0, 0.05) is 0 Å². The summed E-state index contributed by atoms with van der Waals surface area (Å²) < 4.78 is 5.15. The van der Waals surface area contributed by atoms with E-state index in [4.69, 9.17) is 4.42 Å². The maximum atomic E-state index is 11.9. The van der Waals surface area contributed by atoms with Crippen LogP contribution in [0.4, 0.5) is 0 Å². The summed E-state index contributed by atoms with van der Waals surface area (Å²) in [6, 6.07) is 10.6. The fourth-order valence-electron chi connectivity index (χ4n) is 1.77. The number of hydrogen-bond donors (Lipinski definition) is 2. The lowest BCUT2D eigenvalue weighted by atomic mass is 10.0. The summed E-state index contributed by atoms with van der Waals surface area (Å²) in [6.07, 6.45) is 0.280. The predicted octanol–water partition coefficient (Wildman–Crippen LogP) is 2.16. The maximum Gasteiger partial charge on any atom is 0.273 e. The smallest absolute Gasteiger partial charge is 0.273 e. The van der Waals surface area contributed by atoms with Crippen LogP contribution in [0.2, 0.25) is 0 Å². The summed E-state index contributed by atoms with van der Waals surface area (Å²) in [5, 5.41) is 13.9. The molecule has 0 radical (unpaired) electrons. The van der Waals surface area contributed by atoms with Gasteiger partial charge in [0.05, 0.1) is 6.26 Å². The zero-order valence-electron chi connectivity index (χ0n) is 11.3. The van der Waals surface area contributed by atoms with Crippen molar-refractivity contribution in [2.45, 2.75) is 20.0 Å². The van der Waals surface area contributed by atoms with Gasteiger partial charge in [0.25, 0.3) is 5.91 Å². The van der Waals surface area contributed by atoms with Crippen molar-refractivity contribution in [1.29, 1.82) is 0 Å². The minimum absolute atomic E-state index is 0.528. The first-order chi connectivity index (χ1) is 9.59. The molecule has 20 heavy (non-hydrogen) atoms. The van der Waals surface area contributed by atoms with Crippen LogP contribution in [0.25, 0.3) is 0 Å². The first-order valence-corrected chi connectivity index (χ1v) is 6.21. The molecular formula is C15H16N2O3. The highest BCUT2D eigenvalue weighted by Gasteiger charge is 2.18. The van der Waals surface area contributed by atoms with Crippen LogP contribution in [0.1, 0.15) is 29.9 Å². The van der Waals surface area contributed by atoms with E-state index in [1.807, 2.05) is 19.1 Å². The number of hydrazone groups is 1. The van der Waals surface area contributed by atoms with Crippen LogP contribution in [0, 0.1) is 6.92 Å².